The monoisotopic (exact) mass is 243 g/mol. The fourth-order valence-electron chi connectivity index (χ4n) is 2.41. The van der Waals surface area contributed by atoms with Gasteiger partial charge in [0.15, 0.2) is 0 Å². The Morgan fingerprint density at radius 3 is 2.62 bits per heavy atom. The fraction of sp³-hybridized carbons (Fsp3) is 0.818. The molecule has 0 aromatic heterocycles. The summed E-state index contributed by atoms with van der Waals surface area (Å²) in [6.07, 6.45) is 4.61. The molecule has 0 aromatic rings. The molecule has 90 valence electrons. The molecule has 1 unspecified atom stereocenters. The zero-order chi connectivity index (χ0) is 11.5. The average molecular weight is 243 g/mol. The van der Waals surface area contributed by atoms with Crippen LogP contribution in [0.3, 0.4) is 0 Å². The van der Waals surface area contributed by atoms with Crippen LogP contribution in [-0.2, 0) is 9.59 Å². The summed E-state index contributed by atoms with van der Waals surface area (Å²) < 4.78 is 0. The number of rotatable bonds is 2. The van der Waals surface area contributed by atoms with E-state index in [0.29, 0.717) is 13.0 Å². The lowest BCUT2D eigenvalue weighted by atomic mass is 10.1. The molecule has 2 rings (SSSR count). The van der Waals surface area contributed by atoms with Gasteiger partial charge < -0.3 is 10.0 Å². The van der Waals surface area contributed by atoms with Crippen LogP contribution in [0, 0.1) is 0 Å². The van der Waals surface area contributed by atoms with E-state index in [1.807, 2.05) is 0 Å². The largest absolute Gasteiger partial charge is 0.480 e. The SMILES string of the molecule is O=C(O)[C@@H]1CCCN1C(=O)C1CCCCS1. The van der Waals surface area contributed by atoms with E-state index >= 15 is 0 Å². The molecular weight excluding hydrogens is 226 g/mol. The zero-order valence-electron chi connectivity index (χ0n) is 9.22. The van der Waals surface area contributed by atoms with Crippen molar-refractivity contribution in [2.24, 2.45) is 0 Å². The highest BCUT2D eigenvalue weighted by Gasteiger charge is 2.37. The van der Waals surface area contributed by atoms with Gasteiger partial charge in [0.25, 0.3) is 0 Å². The van der Waals surface area contributed by atoms with Gasteiger partial charge in [-0.05, 0) is 31.4 Å². The molecule has 1 N–H and O–H groups in total. The molecule has 2 atom stereocenters. The molecular formula is C11H17NO3S. The Hall–Kier alpha value is -0.710. The van der Waals surface area contributed by atoms with Crippen molar-refractivity contribution < 1.29 is 14.7 Å². The van der Waals surface area contributed by atoms with Crippen molar-refractivity contribution >= 4 is 23.6 Å². The molecule has 5 heteroatoms. The number of hydrogen-bond acceptors (Lipinski definition) is 3. The number of likely N-dealkylation sites (tertiary alicyclic amines) is 1. The van der Waals surface area contributed by atoms with Crippen LogP contribution in [0.4, 0.5) is 0 Å². The molecule has 0 saturated carbocycles. The molecule has 2 aliphatic heterocycles. The van der Waals surface area contributed by atoms with Crippen molar-refractivity contribution in [3.63, 3.8) is 0 Å². The second kappa shape index (κ2) is 5.08. The van der Waals surface area contributed by atoms with E-state index in [2.05, 4.69) is 0 Å². The molecule has 0 radical (unpaired) electrons. The first kappa shape index (κ1) is 11.8. The first-order chi connectivity index (χ1) is 7.70. The summed E-state index contributed by atoms with van der Waals surface area (Å²) >= 11 is 1.69. The van der Waals surface area contributed by atoms with Crippen molar-refractivity contribution in [2.75, 3.05) is 12.3 Å². The number of aliphatic carboxylic acids is 1. The molecule has 0 aliphatic carbocycles. The maximum Gasteiger partial charge on any atom is 0.326 e. The zero-order valence-corrected chi connectivity index (χ0v) is 10.0. The van der Waals surface area contributed by atoms with Gasteiger partial charge in [-0.1, -0.05) is 6.42 Å². The Labute approximate surface area is 99.4 Å². The predicted molar refractivity (Wildman–Crippen MR) is 62.5 cm³/mol. The third-order valence-electron chi connectivity index (χ3n) is 3.28. The van der Waals surface area contributed by atoms with E-state index in [4.69, 9.17) is 5.11 Å². The normalized spacial score (nSPS) is 30.4. The van der Waals surface area contributed by atoms with Crippen molar-refractivity contribution in [2.45, 2.75) is 43.4 Å². The highest BCUT2D eigenvalue weighted by atomic mass is 32.2. The molecule has 0 spiro atoms. The number of hydrogen-bond donors (Lipinski definition) is 1. The van der Waals surface area contributed by atoms with E-state index in [-0.39, 0.29) is 11.2 Å². The fourth-order valence-corrected chi connectivity index (χ4v) is 3.67. The van der Waals surface area contributed by atoms with Crippen LogP contribution in [0.25, 0.3) is 0 Å². The van der Waals surface area contributed by atoms with Crippen molar-refractivity contribution in [1.82, 2.24) is 4.90 Å². The third-order valence-corrected chi connectivity index (χ3v) is 4.64. The van der Waals surface area contributed by atoms with E-state index < -0.39 is 12.0 Å². The van der Waals surface area contributed by atoms with Crippen LogP contribution in [0.1, 0.15) is 32.1 Å². The van der Waals surface area contributed by atoms with Gasteiger partial charge in [0, 0.05) is 6.54 Å². The van der Waals surface area contributed by atoms with Gasteiger partial charge >= 0.3 is 5.97 Å². The Morgan fingerprint density at radius 2 is 2.00 bits per heavy atom. The highest BCUT2D eigenvalue weighted by Crippen LogP contribution is 2.29. The summed E-state index contributed by atoms with van der Waals surface area (Å²) in [6.45, 7) is 0.618. The van der Waals surface area contributed by atoms with Gasteiger partial charge in [0.05, 0.1) is 5.25 Å². The van der Waals surface area contributed by atoms with Crippen LogP contribution < -0.4 is 0 Å². The quantitative estimate of drug-likeness (QED) is 0.795. The van der Waals surface area contributed by atoms with E-state index in [1.54, 1.807) is 16.7 Å². The maximum atomic E-state index is 12.2. The second-order valence-electron chi connectivity index (χ2n) is 4.38. The van der Waals surface area contributed by atoms with Crippen LogP contribution in [0.15, 0.2) is 0 Å². The van der Waals surface area contributed by atoms with Crippen LogP contribution >= 0.6 is 11.8 Å². The summed E-state index contributed by atoms with van der Waals surface area (Å²) in [5, 5.41) is 9.04. The van der Waals surface area contributed by atoms with Gasteiger partial charge in [-0.25, -0.2) is 4.79 Å². The number of carboxylic acid groups (broad SMARTS) is 1. The Balaban J connectivity index is 1.99. The van der Waals surface area contributed by atoms with Gasteiger partial charge in [-0.3, -0.25) is 4.79 Å². The summed E-state index contributed by atoms with van der Waals surface area (Å²) in [5.41, 5.74) is 0. The summed E-state index contributed by atoms with van der Waals surface area (Å²) in [6, 6.07) is -0.574. The summed E-state index contributed by atoms with van der Waals surface area (Å²) in [4.78, 5) is 24.7. The van der Waals surface area contributed by atoms with Crippen LogP contribution in [0.5, 0.6) is 0 Å². The van der Waals surface area contributed by atoms with Gasteiger partial charge in [-0.15, -0.1) is 11.8 Å². The Morgan fingerprint density at radius 1 is 1.19 bits per heavy atom. The lowest BCUT2D eigenvalue weighted by Gasteiger charge is -2.28. The number of carbonyl (C=O) groups excluding carboxylic acids is 1. The maximum absolute atomic E-state index is 12.2. The molecule has 2 aliphatic rings. The van der Waals surface area contributed by atoms with Gasteiger partial charge in [0.2, 0.25) is 5.91 Å². The molecule has 2 heterocycles. The summed E-state index contributed by atoms with van der Waals surface area (Å²) in [5.74, 6) is 0.225. The number of nitrogens with zero attached hydrogens (tertiary/aromatic N) is 1. The highest BCUT2D eigenvalue weighted by molar-refractivity contribution is 8.00. The summed E-state index contributed by atoms with van der Waals surface area (Å²) in [7, 11) is 0. The number of amides is 1. The first-order valence-corrected chi connectivity index (χ1v) is 6.90. The minimum atomic E-state index is -0.855. The Bertz CT molecular complexity index is 289. The number of carbonyl (C=O) groups is 2. The van der Waals surface area contributed by atoms with Crippen LogP contribution in [-0.4, -0.2) is 45.5 Å². The first-order valence-electron chi connectivity index (χ1n) is 5.85. The molecule has 4 nitrogen and oxygen atoms in total. The molecule has 2 fully saturated rings. The van der Waals surface area contributed by atoms with E-state index in [1.165, 1.54) is 6.42 Å². The topological polar surface area (TPSA) is 57.6 Å². The third kappa shape index (κ3) is 2.34. The lowest BCUT2D eigenvalue weighted by molar-refractivity contribution is -0.148. The van der Waals surface area contributed by atoms with Crippen LogP contribution in [0.2, 0.25) is 0 Å². The van der Waals surface area contributed by atoms with E-state index in [9.17, 15) is 9.59 Å². The minimum absolute atomic E-state index is 0.00806. The standard InChI is InChI=1S/C11H17NO3S/c13-10(9-5-1-2-7-16-9)12-6-3-4-8(12)11(14)15/h8-9H,1-7H2,(H,14,15)/t8-,9?/m0/s1. The molecule has 16 heavy (non-hydrogen) atoms. The van der Waals surface area contributed by atoms with Gasteiger partial charge in [-0.2, -0.15) is 0 Å². The Kier molecular flexibility index (Phi) is 3.74. The van der Waals surface area contributed by atoms with Gasteiger partial charge in [0.1, 0.15) is 6.04 Å². The molecule has 1 amide bonds. The number of carboxylic acids is 1. The van der Waals surface area contributed by atoms with E-state index in [0.717, 1.165) is 25.0 Å². The molecule has 0 bridgehead atoms. The van der Waals surface area contributed by atoms with Crippen molar-refractivity contribution in [3.8, 4) is 0 Å². The molecule has 2 saturated heterocycles. The predicted octanol–water partition coefficient (Wildman–Crippen LogP) is 1.35. The number of thioether (sulfide) groups is 1. The lowest BCUT2D eigenvalue weighted by Crippen LogP contribution is -2.45. The van der Waals surface area contributed by atoms with Crippen molar-refractivity contribution in [3.05, 3.63) is 0 Å². The smallest absolute Gasteiger partial charge is 0.326 e. The average Bonchev–Trinajstić information content (AvgIpc) is 2.78. The van der Waals surface area contributed by atoms with Crippen molar-refractivity contribution in [1.29, 1.82) is 0 Å². The minimum Gasteiger partial charge on any atom is -0.480 e. The second-order valence-corrected chi connectivity index (χ2v) is 5.69. The molecule has 0 aromatic carbocycles.